The Morgan fingerprint density at radius 2 is 1.60 bits per heavy atom. The van der Waals surface area contributed by atoms with Crippen LogP contribution in [0, 0.1) is 5.92 Å². The standard InChI is InChI=1S/C62H81N13O11/c1-61(2,71-53(77)22-29-73-28-9-13-55(73)79)24-35-85-62(3,4)23-20-52(76)65-27-26-64-39-54(78)70-48(12-8-25-66-59(63)83)57(81)67-42-16-14-40(15-17-42)56(80)68-43-18-19-47-41(36-43)37-49(69-47)58(82)75-30-21-45-44-10-6-7-11-46(44)51(38-50(45)75)86-60(84)74-33-31-72(5)32-34-74/h6-7,9-11,13-14,16-19,36-38,40,48,64,69H,8,12,15,20-35,39H2,1-5H3,(H,65,76)(H,67,81)(H,68,80)(H,70,78)(H,71,77)(H3,63,66,83)/t40?,48-/m0/s1. The van der Waals surface area contributed by atoms with Crippen molar-refractivity contribution in [1.82, 2.24) is 51.6 Å². The normalized spacial score (nSPS) is 16.4. The molecule has 10 N–H and O–H groups in total. The average Bonchev–Trinajstić information content (AvgIpc) is 2.46. The smallest absolute Gasteiger partial charge is 0.409 e. The van der Waals surface area contributed by atoms with E-state index in [-0.39, 0.29) is 81.4 Å². The average molecular weight is 1180 g/mol. The second-order valence-electron chi connectivity index (χ2n) is 23.4. The Morgan fingerprint density at radius 3 is 2.34 bits per heavy atom. The van der Waals surface area contributed by atoms with Gasteiger partial charge in [0, 0.05) is 130 Å². The summed E-state index contributed by atoms with van der Waals surface area (Å²) in [6, 6.07) is 14.9. The molecule has 86 heavy (non-hydrogen) atoms. The van der Waals surface area contributed by atoms with Crippen molar-refractivity contribution in [3.8, 4) is 5.75 Å². The van der Waals surface area contributed by atoms with Crippen LogP contribution in [0.2, 0.25) is 0 Å². The molecular weight excluding hydrogens is 1100 g/mol. The molecule has 24 nitrogen and oxygen atoms in total. The van der Waals surface area contributed by atoms with Gasteiger partial charge in [-0.25, -0.2) is 9.59 Å². The van der Waals surface area contributed by atoms with Gasteiger partial charge in [0.15, 0.2) is 0 Å². The lowest BCUT2D eigenvalue weighted by molar-refractivity contribution is -0.128. The zero-order valence-electron chi connectivity index (χ0n) is 49.7. The van der Waals surface area contributed by atoms with Gasteiger partial charge >= 0.3 is 12.1 Å². The van der Waals surface area contributed by atoms with Crippen LogP contribution in [0.15, 0.2) is 90.7 Å². The van der Waals surface area contributed by atoms with Crippen LogP contribution < -0.4 is 52.6 Å². The summed E-state index contributed by atoms with van der Waals surface area (Å²) in [5, 5.41) is 22.3. The van der Waals surface area contributed by atoms with Gasteiger partial charge in [0.05, 0.1) is 23.8 Å². The van der Waals surface area contributed by atoms with Gasteiger partial charge in [-0.15, -0.1) is 0 Å². The molecule has 0 saturated carbocycles. The minimum absolute atomic E-state index is 0.0899. The van der Waals surface area contributed by atoms with Crippen molar-refractivity contribution < 1.29 is 52.6 Å². The number of piperazine rings is 1. The zero-order valence-corrected chi connectivity index (χ0v) is 49.7. The summed E-state index contributed by atoms with van der Waals surface area (Å²) >= 11 is 0. The number of nitrogens with zero attached hydrogens (tertiary/aromatic N) is 4. The molecule has 1 aliphatic carbocycles. The van der Waals surface area contributed by atoms with Crippen molar-refractivity contribution in [3.63, 3.8) is 0 Å². The minimum Gasteiger partial charge on any atom is -0.409 e. The lowest BCUT2D eigenvalue weighted by atomic mass is 9.98. The third-order valence-electron chi connectivity index (χ3n) is 15.7. The van der Waals surface area contributed by atoms with Crippen LogP contribution in [-0.4, -0.2) is 176 Å². The first-order valence-electron chi connectivity index (χ1n) is 29.5. The lowest BCUT2D eigenvalue weighted by Crippen LogP contribution is -2.49. The van der Waals surface area contributed by atoms with Gasteiger partial charge in [0.1, 0.15) is 17.5 Å². The maximum atomic E-state index is 14.2. The predicted molar refractivity (Wildman–Crippen MR) is 326 cm³/mol. The molecule has 0 bridgehead atoms. The van der Waals surface area contributed by atoms with Gasteiger partial charge in [-0.1, -0.05) is 42.5 Å². The SMILES string of the molecule is CN1CCN(C(=O)Oc2cc3c(c4ccccc24)CCN3C(=O)c2cc3cc(NC(=O)C4C=CC(NC(=O)[C@H](CCCNC(N)=O)NC(=O)CNCCNC(=O)CCC(C)(C)OCCC(C)(C)NC(=O)CCN5CC=CC5=O)=CC4)ccc3[nH]2)CC1. The molecule has 1 aromatic heterocycles. The molecule has 8 rings (SSSR count). The predicted octanol–water partition coefficient (Wildman–Crippen LogP) is 4.07. The number of hydrogen-bond acceptors (Lipinski definition) is 13. The number of urea groups is 1. The number of nitrogens with one attached hydrogen (secondary N) is 8. The fourth-order valence-electron chi connectivity index (χ4n) is 10.6. The molecule has 1 saturated heterocycles. The van der Waals surface area contributed by atoms with E-state index in [9.17, 15) is 43.2 Å². The maximum absolute atomic E-state index is 14.2. The van der Waals surface area contributed by atoms with Crippen molar-refractivity contribution in [3.05, 3.63) is 102 Å². The number of anilines is 2. The number of carbonyl (C=O) groups is 9. The monoisotopic (exact) mass is 1180 g/mol. The van der Waals surface area contributed by atoms with E-state index in [1.54, 1.807) is 69.3 Å². The summed E-state index contributed by atoms with van der Waals surface area (Å²) in [5.74, 6) is -2.10. The summed E-state index contributed by atoms with van der Waals surface area (Å²) in [7, 11) is 2.02. The van der Waals surface area contributed by atoms with Gasteiger partial charge in [0.25, 0.3) is 5.91 Å². The Kier molecular flexibility index (Phi) is 21.4. The van der Waals surface area contributed by atoms with Crippen molar-refractivity contribution in [1.29, 1.82) is 0 Å². The number of nitrogens with two attached hydrogens (primary N) is 1. The summed E-state index contributed by atoms with van der Waals surface area (Å²) in [6.45, 7) is 12.5. The van der Waals surface area contributed by atoms with Crippen LogP contribution in [-0.2, 0) is 39.9 Å². The first-order valence-corrected chi connectivity index (χ1v) is 29.5. The van der Waals surface area contributed by atoms with E-state index in [1.165, 1.54) is 6.08 Å². The lowest BCUT2D eigenvalue weighted by Gasteiger charge is -2.31. The number of aromatic amines is 1. The van der Waals surface area contributed by atoms with Crippen LogP contribution in [0.1, 0.15) is 88.7 Å². The summed E-state index contributed by atoms with van der Waals surface area (Å²) in [5.41, 5.74) is 7.78. The Hall–Kier alpha value is -8.61. The number of aromatic nitrogens is 1. The molecular formula is C62H81N13O11. The number of allylic oxidation sites excluding steroid dienone is 2. The largest absolute Gasteiger partial charge is 0.415 e. The first-order chi connectivity index (χ1) is 41.1. The number of fused-ring (bicyclic) bond motifs is 4. The number of H-pyrrole nitrogens is 1. The molecule has 0 spiro atoms. The molecule has 1 unspecified atom stereocenters. The number of rotatable bonds is 27. The Labute approximate surface area is 500 Å². The summed E-state index contributed by atoms with van der Waals surface area (Å²) in [6.07, 6.45) is 10.7. The molecule has 1 fully saturated rings. The molecule has 24 heteroatoms. The van der Waals surface area contributed by atoms with Gasteiger partial charge in [0.2, 0.25) is 35.4 Å². The molecule has 0 radical (unpaired) electrons. The number of benzene rings is 3. The number of likely N-dealkylation sites (N-methyl/N-ethyl adjacent to an activating group) is 1. The summed E-state index contributed by atoms with van der Waals surface area (Å²) < 4.78 is 12.1. The molecule has 10 amide bonds. The topological polar surface area (TPSA) is 311 Å². The van der Waals surface area contributed by atoms with Crippen molar-refractivity contribution >= 4 is 86.5 Å². The maximum Gasteiger partial charge on any atom is 0.415 e. The number of hydrogen-bond donors (Lipinski definition) is 9. The molecule has 3 aromatic carbocycles. The Balaban J connectivity index is 0.756. The second kappa shape index (κ2) is 29.0. The minimum atomic E-state index is -0.984. The fourth-order valence-corrected chi connectivity index (χ4v) is 10.6. The highest BCUT2D eigenvalue weighted by molar-refractivity contribution is 6.11. The molecule has 2 atom stereocenters. The molecule has 3 aliphatic heterocycles. The van der Waals surface area contributed by atoms with Crippen LogP contribution in [0.4, 0.5) is 21.0 Å². The third kappa shape index (κ3) is 17.7. The first kappa shape index (κ1) is 63.4. The van der Waals surface area contributed by atoms with Crippen LogP contribution >= 0.6 is 0 Å². The van der Waals surface area contributed by atoms with E-state index < -0.39 is 47.0 Å². The van der Waals surface area contributed by atoms with Crippen LogP contribution in [0.5, 0.6) is 5.75 Å². The second-order valence-corrected chi connectivity index (χ2v) is 23.4. The molecule has 460 valence electrons. The van der Waals surface area contributed by atoms with E-state index in [4.69, 9.17) is 15.2 Å². The quantitative estimate of drug-likeness (QED) is 0.0381. The van der Waals surface area contributed by atoms with Crippen molar-refractivity contribution in [2.75, 3.05) is 95.9 Å². The highest BCUT2D eigenvalue weighted by Crippen LogP contribution is 2.41. The van der Waals surface area contributed by atoms with Crippen LogP contribution in [0.3, 0.4) is 0 Å². The van der Waals surface area contributed by atoms with E-state index in [0.717, 1.165) is 29.4 Å². The Bertz CT molecular complexity index is 3290. The van der Waals surface area contributed by atoms with Gasteiger partial charge in [-0.2, -0.15) is 0 Å². The van der Waals surface area contributed by atoms with E-state index in [2.05, 4.69) is 47.1 Å². The Morgan fingerprint density at radius 1 is 0.826 bits per heavy atom. The van der Waals surface area contributed by atoms with Crippen molar-refractivity contribution in [2.24, 2.45) is 11.7 Å². The van der Waals surface area contributed by atoms with E-state index >= 15 is 0 Å². The highest BCUT2D eigenvalue weighted by Gasteiger charge is 2.32. The van der Waals surface area contributed by atoms with Gasteiger partial charge in [-0.05, 0) is 115 Å². The van der Waals surface area contributed by atoms with Gasteiger partial charge in [-0.3, -0.25) is 33.6 Å². The third-order valence-corrected chi connectivity index (χ3v) is 15.7. The van der Waals surface area contributed by atoms with Gasteiger partial charge < -0.3 is 77.0 Å². The van der Waals surface area contributed by atoms with E-state index in [0.29, 0.717) is 104 Å². The molecule has 4 aromatic rings. The van der Waals surface area contributed by atoms with Crippen LogP contribution in [0.25, 0.3) is 21.7 Å². The number of ether oxygens (including phenoxy) is 2. The number of amides is 10. The number of primary amides is 1. The zero-order chi connectivity index (χ0) is 61.5. The van der Waals surface area contributed by atoms with E-state index in [1.807, 2.05) is 59.0 Å². The number of carbonyl (C=O) groups excluding carboxylic acids is 9. The fraction of sp³-hybridized carbons (Fsp3) is 0.468. The molecule has 4 aliphatic rings. The van der Waals surface area contributed by atoms with Crippen molar-refractivity contribution in [2.45, 2.75) is 96.2 Å². The highest BCUT2D eigenvalue weighted by atomic mass is 16.6. The molecule has 4 heterocycles. The summed E-state index contributed by atoms with van der Waals surface area (Å²) in [4.78, 5) is 127.